The summed E-state index contributed by atoms with van der Waals surface area (Å²) in [6.07, 6.45) is 2.00. The number of ether oxygens (including phenoxy) is 1. The van der Waals surface area contributed by atoms with Crippen molar-refractivity contribution in [2.45, 2.75) is 31.1 Å². The van der Waals surface area contributed by atoms with Crippen molar-refractivity contribution in [1.29, 1.82) is 0 Å². The number of aliphatic carboxylic acids is 1. The lowest BCUT2D eigenvalue weighted by Crippen LogP contribution is -2.35. The fraction of sp³-hybridized carbons (Fsp3) is 0.533. The number of nitrogens with zero attached hydrogens (tertiary/aromatic N) is 1. The molecule has 22 heavy (non-hydrogen) atoms. The molecule has 1 N–H and O–H groups in total. The normalized spacial score (nSPS) is 25.5. The number of carbonyl (C=O) groups is 1. The number of rotatable bonds is 3. The minimum atomic E-state index is -3.66. The molecule has 0 aromatic heterocycles. The predicted octanol–water partition coefficient (Wildman–Crippen LogP) is 1.50. The molecule has 0 unspecified atom stereocenters. The van der Waals surface area contributed by atoms with Crippen LogP contribution in [0.1, 0.15) is 25.3 Å². The van der Waals surface area contributed by atoms with E-state index in [1.165, 1.54) is 10.4 Å². The van der Waals surface area contributed by atoms with Gasteiger partial charge < -0.3 is 9.84 Å². The van der Waals surface area contributed by atoms with Crippen LogP contribution in [0.15, 0.2) is 23.1 Å². The van der Waals surface area contributed by atoms with E-state index in [2.05, 4.69) is 0 Å². The van der Waals surface area contributed by atoms with E-state index in [1.807, 2.05) is 0 Å². The van der Waals surface area contributed by atoms with Crippen LogP contribution in [0, 0.1) is 5.41 Å². The Morgan fingerprint density at radius 3 is 2.86 bits per heavy atom. The van der Waals surface area contributed by atoms with Crippen LogP contribution >= 0.6 is 0 Å². The zero-order valence-electron chi connectivity index (χ0n) is 12.4. The second-order valence-corrected chi connectivity index (χ2v) is 8.11. The van der Waals surface area contributed by atoms with Crippen LogP contribution in [0.25, 0.3) is 0 Å². The minimum Gasteiger partial charge on any atom is -0.493 e. The van der Waals surface area contributed by atoms with Gasteiger partial charge in [0.25, 0.3) is 0 Å². The topological polar surface area (TPSA) is 83.9 Å². The van der Waals surface area contributed by atoms with Crippen molar-refractivity contribution in [3.05, 3.63) is 23.8 Å². The molecule has 0 bridgehead atoms. The van der Waals surface area contributed by atoms with Gasteiger partial charge in [0.05, 0.1) is 16.9 Å². The Kier molecular flexibility index (Phi) is 3.65. The van der Waals surface area contributed by atoms with Crippen LogP contribution < -0.4 is 4.74 Å². The summed E-state index contributed by atoms with van der Waals surface area (Å²) >= 11 is 0. The van der Waals surface area contributed by atoms with Gasteiger partial charge in [-0.05, 0) is 49.9 Å². The first-order valence-electron chi connectivity index (χ1n) is 7.32. The molecular weight excluding hydrogens is 306 g/mol. The van der Waals surface area contributed by atoms with Gasteiger partial charge in [-0.3, -0.25) is 4.79 Å². The van der Waals surface area contributed by atoms with Crippen molar-refractivity contribution < 1.29 is 23.1 Å². The molecule has 1 saturated heterocycles. The molecule has 2 aliphatic heterocycles. The first-order valence-corrected chi connectivity index (χ1v) is 8.76. The zero-order chi connectivity index (χ0) is 16.0. The molecule has 0 aliphatic carbocycles. The van der Waals surface area contributed by atoms with Crippen LogP contribution in [0.5, 0.6) is 5.75 Å². The van der Waals surface area contributed by atoms with Gasteiger partial charge in [-0.2, -0.15) is 4.31 Å². The second kappa shape index (κ2) is 5.24. The average Bonchev–Trinajstić information content (AvgIpc) is 2.91. The molecule has 120 valence electrons. The molecule has 7 heteroatoms. The van der Waals surface area contributed by atoms with Gasteiger partial charge >= 0.3 is 5.97 Å². The Hall–Kier alpha value is -1.60. The number of aryl methyl sites for hydroxylation is 1. The van der Waals surface area contributed by atoms with Gasteiger partial charge in [0.15, 0.2) is 0 Å². The minimum absolute atomic E-state index is 0.0122. The summed E-state index contributed by atoms with van der Waals surface area (Å²) in [6.45, 7) is 2.49. The lowest BCUT2D eigenvalue weighted by Gasteiger charge is -2.22. The summed E-state index contributed by atoms with van der Waals surface area (Å²) in [5.74, 6) is -0.217. The molecule has 6 nitrogen and oxygen atoms in total. The van der Waals surface area contributed by atoms with Gasteiger partial charge in [0.2, 0.25) is 10.0 Å². The molecule has 0 spiro atoms. The van der Waals surface area contributed by atoms with E-state index in [1.54, 1.807) is 19.1 Å². The molecule has 0 saturated carbocycles. The third kappa shape index (κ3) is 2.48. The maximum Gasteiger partial charge on any atom is 0.310 e. The lowest BCUT2D eigenvalue weighted by molar-refractivity contribution is -0.146. The number of fused-ring (bicyclic) bond motifs is 1. The van der Waals surface area contributed by atoms with E-state index in [0.29, 0.717) is 13.0 Å². The molecule has 3 rings (SSSR count). The number of hydrogen-bond acceptors (Lipinski definition) is 4. The van der Waals surface area contributed by atoms with Gasteiger partial charge in [-0.25, -0.2) is 8.42 Å². The highest BCUT2D eigenvalue weighted by Gasteiger charge is 2.45. The first-order chi connectivity index (χ1) is 10.3. The Morgan fingerprint density at radius 2 is 2.18 bits per heavy atom. The standard InChI is InChI=1S/C15H19NO5S/c1-15(14(17)18)6-7-16(10-15)22(19,20)12-4-5-13-11(9-12)3-2-8-21-13/h4-5,9H,2-3,6-8,10H2,1H3,(H,17,18)/t15-/m1/s1. The first kappa shape index (κ1) is 15.3. The number of sulfonamides is 1. The van der Waals surface area contributed by atoms with Crippen LogP contribution in [-0.4, -0.2) is 43.5 Å². The smallest absolute Gasteiger partial charge is 0.310 e. The number of benzene rings is 1. The van der Waals surface area contributed by atoms with Crippen LogP contribution in [0.3, 0.4) is 0 Å². The predicted molar refractivity (Wildman–Crippen MR) is 79.4 cm³/mol. The molecule has 2 aliphatic rings. The summed E-state index contributed by atoms with van der Waals surface area (Å²) in [7, 11) is -3.66. The van der Waals surface area contributed by atoms with Crippen molar-refractivity contribution in [3.8, 4) is 5.75 Å². The van der Waals surface area contributed by atoms with Gasteiger partial charge in [-0.15, -0.1) is 0 Å². The number of carboxylic acids is 1. The van der Waals surface area contributed by atoms with Crippen LogP contribution in [-0.2, 0) is 21.2 Å². The van der Waals surface area contributed by atoms with Gasteiger partial charge in [0, 0.05) is 13.1 Å². The Balaban J connectivity index is 1.89. The van der Waals surface area contributed by atoms with Crippen molar-refractivity contribution in [1.82, 2.24) is 4.31 Å². The van der Waals surface area contributed by atoms with E-state index >= 15 is 0 Å². The van der Waals surface area contributed by atoms with Gasteiger partial charge in [-0.1, -0.05) is 0 Å². The summed E-state index contributed by atoms with van der Waals surface area (Å²) in [5.41, 5.74) is -0.114. The summed E-state index contributed by atoms with van der Waals surface area (Å²) < 4.78 is 32.2. The summed E-state index contributed by atoms with van der Waals surface area (Å²) in [6, 6.07) is 4.88. The molecule has 1 fully saturated rings. The Morgan fingerprint density at radius 1 is 1.41 bits per heavy atom. The van der Waals surface area contributed by atoms with Crippen molar-refractivity contribution >= 4 is 16.0 Å². The fourth-order valence-corrected chi connectivity index (χ4v) is 4.56. The van der Waals surface area contributed by atoms with Gasteiger partial charge in [0.1, 0.15) is 5.75 Å². The number of carboxylic acid groups (broad SMARTS) is 1. The van der Waals surface area contributed by atoms with E-state index in [-0.39, 0.29) is 18.0 Å². The fourth-order valence-electron chi connectivity index (χ4n) is 2.94. The third-order valence-electron chi connectivity index (χ3n) is 4.47. The van der Waals surface area contributed by atoms with E-state index in [4.69, 9.17) is 4.74 Å². The SMILES string of the molecule is C[C@@]1(C(=O)O)CCN(S(=O)(=O)c2ccc3c(c2)CCCO3)C1. The third-order valence-corrected chi connectivity index (χ3v) is 6.31. The Labute approximate surface area is 129 Å². The highest BCUT2D eigenvalue weighted by Crippen LogP contribution is 2.35. The Bertz CT molecular complexity index is 715. The second-order valence-electron chi connectivity index (χ2n) is 6.18. The monoisotopic (exact) mass is 325 g/mol. The summed E-state index contributed by atoms with van der Waals surface area (Å²) in [4.78, 5) is 11.5. The van der Waals surface area contributed by atoms with Crippen molar-refractivity contribution in [3.63, 3.8) is 0 Å². The molecule has 1 aromatic carbocycles. The zero-order valence-corrected chi connectivity index (χ0v) is 13.2. The van der Waals surface area contributed by atoms with E-state index in [9.17, 15) is 18.3 Å². The number of hydrogen-bond donors (Lipinski definition) is 1. The largest absolute Gasteiger partial charge is 0.493 e. The maximum absolute atomic E-state index is 12.7. The molecule has 0 radical (unpaired) electrons. The highest BCUT2D eigenvalue weighted by molar-refractivity contribution is 7.89. The average molecular weight is 325 g/mol. The van der Waals surface area contributed by atoms with E-state index in [0.717, 1.165) is 24.2 Å². The van der Waals surface area contributed by atoms with E-state index < -0.39 is 21.4 Å². The van der Waals surface area contributed by atoms with Crippen LogP contribution in [0.4, 0.5) is 0 Å². The molecule has 1 aromatic rings. The highest BCUT2D eigenvalue weighted by atomic mass is 32.2. The molecular formula is C15H19NO5S. The molecule has 1 atom stereocenters. The van der Waals surface area contributed by atoms with Crippen molar-refractivity contribution in [2.24, 2.45) is 5.41 Å². The van der Waals surface area contributed by atoms with Crippen molar-refractivity contribution in [2.75, 3.05) is 19.7 Å². The van der Waals surface area contributed by atoms with Crippen LogP contribution in [0.2, 0.25) is 0 Å². The summed E-state index contributed by atoms with van der Waals surface area (Å²) in [5, 5.41) is 9.25. The quantitative estimate of drug-likeness (QED) is 0.910. The lowest BCUT2D eigenvalue weighted by atomic mass is 9.90. The maximum atomic E-state index is 12.7. The molecule has 0 amide bonds. The molecule has 2 heterocycles.